The highest BCUT2D eigenvalue weighted by Crippen LogP contribution is 2.36. The zero-order chi connectivity index (χ0) is 24.2. The number of fused-ring (bicyclic) bond motifs is 1. The number of para-hydroxylation sites is 1. The van der Waals surface area contributed by atoms with Gasteiger partial charge in [0, 0.05) is 17.3 Å². The van der Waals surface area contributed by atoms with Gasteiger partial charge in [-0.15, -0.1) is 11.3 Å². The zero-order valence-electron chi connectivity index (χ0n) is 18.3. The van der Waals surface area contributed by atoms with Crippen LogP contribution in [0.5, 0.6) is 5.75 Å². The fourth-order valence-corrected chi connectivity index (χ4v) is 4.66. The van der Waals surface area contributed by atoms with Crippen molar-refractivity contribution in [3.63, 3.8) is 0 Å². The molecule has 5 rings (SSSR count). The summed E-state index contributed by atoms with van der Waals surface area (Å²) in [5.41, 5.74) is 3.02. The first-order chi connectivity index (χ1) is 17.0. The Morgan fingerprint density at radius 2 is 1.80 bits per heavy atom. The van der Waals surface area contributed by atoms with Crippen molar-refractivity contribution >= 4 is 56.6 Å². The summed E-state index contributed by atoms with van der Waals surface area (Å²) in [7, 11) is 0. The molecule has 35 heavy (non-hydrogen) atoms. The molecule has 8 heteroatoms. The fraction of sp³-hybridized carbons (Fsp3) is 0. The lowest BCUT2D eigenvalue weighted by molar-refractivity contribution is -0.115. The summed E-state index contributed by atoms with van der Waals surface area (Å²) >= 11 is 6.77. The number of aromatic nitrogens is 1. The smallest absolute Gasteiger partial charge is 0.250 e. The molecule has 0 saturated carbocycles. The van der Waals surface area contributed by atoms with E-state index in [4.69, 9.17) is 16.6 Å². The quantitative estimate of drug-likeness (QED) is 0.147. The minimum absolute atomic E-state index is 0.112. The Labute approximate surface area is 210 Å². The normalized spacial score (nSPS) is 11.1. The van der Waals surface area contributed by atoms with Crippen LogP contribution in [0.2, 0.25) is 0 Å². The van der Waals surface area contributed by atoms with Crippen molar-refractivity contribution in [1.29, 1.82) is 0 Å². The van der Waals surface area contributed by atoms with Gasteiger partial charge < -0.3 is 14.8 Å². The second-order valence-corrected chi connectivity index (χ2v) is 9.00. The molecule has 0 aliphatic carbocycles. The molecule has 0 atom stereocenters. The van der Waals surface area contributed by atoms with Gasteiger partial charge in [0.2, 0.25) is 5.91 Å². The summed E-state index contributed by atoms with van der Waals surface area (Å²) < 4.78 is 6.79. The minimum atomic E-state index is -0.398. The number of phenols is 1. The number of furan rings is 1. The van der Waals surface area contributed by atoms with Gasteiger partial charge in [0.1, 0.15) is 22.3 Å². The number of thiazole rings is 1. The minimum Gasteiger partial charge on any atom is -0.507 e. The number of carbonyl (C=O) groups is 1. The van der Waals surface area contributed by atoms with Crippen LogP contribution in [0.3, 0.4) is 0 Å². The predicted octanol–water partition coefficient (Wildman–Crippen LogP) is 6.46. The Hall–Kier alpha value is -4.27. The number of rotatable bonds is 5. The molecule has 0 bridgehead atoms. The number of carbonyl (C=O) groups excluding carboxylic acids is 1. The maximum atomic E-state index is 12.3. The number of phenolic OH excluding ortho intramolecular Hbond substituents is 1. The lowest BCUT2D eigenvalue weighted by Crippen LogP contribution is -2.32. The summed E-state index contributed by atoms with van der Waals surface area (Å²) in [5, 5.41) is 16.8. The molecule has 0 fully saturated rings. The van der Waals surface area contributed by atoms with E-state index in [1.54, 1.807) is 30.3 Å². The third kappa shape index (κ3) is 5.29. The van der Waals surface area contributed by atoms with E-state index in [9.17, 15) is 9.90 Å². The lowest BCUT2D eigenvalue weighted by Gasteiger charge is -2.10. The van der Waals surface area contributed by atoms with E-state index in [1.165, 1.54) is 17.4 Å². The largest absolute Gasteiger partial charge is 0.507 e. The summed E-state index contributed by atoms with van der Waals surface area (Å²) in [5.74, 6) is 0.988. The molecule has 0 spiro atoms. The molecule has 0 saturated heterocycles. The molecule has 1 amide bonds. The molecule has 172 valence electrons. The monoisotopic (exact) mass is 497 g/mol. The van der Waals surface area contributed by atoms with Gasteiger partial charge in [-0.2, -0.15) is 0 Å². The maximum Gasteiger partial charge on any atom is 0.250 e. The number of benzene rings is 3. The summed E-state index contributed by atoms with van der Waals surface area (Å²) in [6, 6.07) is 26.1. The summed E-state index contributed by atoms with van der Waals surface area (Å²) in [4.78, 5) is 16.9. The average molecular weight is 498 g/mol. The number of nitrogens with one attached hydrogen (secondary N) is 2. The van der Waals surface area contributed by atoms with Gasteiger partial charge in [-0.1, -0.05) is 42.5 Å². The third-order valence-corrected chi connectivity index (χ3v) is 6.37. The molecular formula is C27H19N3O3S2. The Morgan fingerprint density at radius 3 is 2.63 bits per heavy atom. The number of hydrogen-bond donors (Lipinski definition) is 3. The molecule has 3 aromatic carbocycles. The van der Waals surface area contributed by atoms with Gasteiger partial charge in [-0.25, -0.2) is 4.98 Å². The van der Waals surface area contributed by atoms with Crippen LogP contribution in [-0.4, -0.2) is 21.1 Å². The molecular weight excluding hydrogens is 478 g/mol. The number of aromatic hydroxyl groups is 1. The fourth-order valence-electron chi connectivity index (χ4n) is 3.45. The topological polar surface area (TPSA) is 87.4 Å². The zero-order valence-corrected chi connectivity index (χ0v) is 19.9. The van der Waals surface area contributed by atoms with E-state index in [-0.39, 0.29) is 10.9 Å². The van der Waals surface area contributed by atoms with Gasteiger partial charge in [0.15, 0.2) is 5.11 Å². The number of hydrogen-bond acceptors (Lipinski definition) is 6. The van der Waals surface area contributed by atoms with Crippen LogP contribution < -0.4 is 10.6 Å². The van der Waals surface area contributed by atoms with E-state index < -0.39 is 5.91 Å². The van der Waals surface area contributed by atoms with E-state index in [0.717, 1.165) is 21.5 Å². The van der Waals surface area contributed by atoms with Crippen molar-refractivity contribution in [2.75, 3.05) is 5.32 Å². The van der Waals surface area contributed by atoms with Crippen LogP contribution in [0.25, 0.3) is 38.2 Å². The van der Waals surface area contributed by atoms with Crippen molar-refractivity contribution in [2.45, 2.75) is 0 Å². The van der Waals surface area contributed by atoms with Gasteiger partial charge in [-0.3, -0.25) is 10.1 Å². The van der Waals surface area contributed by atoms with Gasteiger partial charge in [0.25, 0.3) is 0 Å². The van der Waals surface area contributed by atoms with E-state index in [0.29, 0.717) is 22.0 Å². The predicted molar refractivity (Wildman–Crippen MR) is 144 cm³/mol. The molecule has 0 unspecified atom stereocenters. The van der Waals surface area contributed by atoms with Gasteiger partial charge in [0.05, 0.1) is 15.8 Å². The van der Waals surface area contributed by atoms with Crippen LogP contribution in [0.4, 0.5) is 5.69 Å². The summed E-state index contributed by atoms with van der Waals surface area (Å²) in [6.07, 6.45) is 2.93. The van der Waals surface area contributed by atoms with Gasteiger partial charge in [-0.05, 0) is 60.8 Å². The molecule has 0 aliphatic heterocycles. The van der Waals surface area contributed by atoms with Crippen molar-refractivity contribution in [2.24, 2.45) is 0 Å². The van der Waals surface area contributed by atoms with Crippen LogP contribution in [-0.2, 0) is 4.79 Å². The van der Waals surface area contributed by atoms with Crippen molar-refractivity contribution in [3.8, 4) is 27.6 Å². The molecule has 0 aliphatic rings. The average Bonchev–Trinajstić information content (AvgIpc) is 3.52. The third-order valence-electron chi connectivity index (χ3n) is 5.10. The second kappa shape index (κ2) is 9.92. The van der Waals surface area contributed by atoms with Crippen molar-refractivity contribution in [3.05, 3.63) is 96.8 Å². The second-order valence-electron chi connectivity index (χ2n) is 7.56. The van der Waals surface area contributed by atoms with Crippen LogP contribution in [0, 0.1) is 0 Å². The molecule has 2 heterocycles. The first-order valence-corrected chi connectivity index (χ1v) is 11.9. The SMILES string of the molecule is O=C(/C=C/c1ccc(-c2ccccc2)o1)NC(=S)Nc1ccc(O)c(-c2nc3ccccc3s2)c1. The maximum absolute atomic E-state index is 12.3. The van der Waals surface area contributed by atoms with Crippen LogP contribution >= 0.6 is 23.6 Å². The Balaban J connectivity index is 1.23. The Bertz CT molecular complexity index is 1520. The molecule has 3 N–H and O–H groups in total. The number of thiocarbonyl (C=S) groups is 1. The van der Waals surface area contributed by atoms with Crippen molar-refractivity contribution < 1.29 is 14.3 Å². The Morgan fingerprint density at radius 1 is 1.00 bits per heavy atom. The first-order valence-electron chi connectivity index (χ1n) is 10.7. The highest BCUT2D eigenvalue weighted by atomic mass is 32.1. The number of nitrogens with zero attached hydrogens (tertiary/aromatic N) is 1. The van der Waals surface area contributed by atoms with Crippen molar-refractivity contribution in [1.82, 2.24) is 10.3 Å². The number of amides is 1. The van der Waals surface area contributed by atoms with E-state index in [2.05, 4.69) is 15.6 Å². The molecule has 6 nitrogen and oxygen atoms in total. The Kier molecular flexibility index (Phi) is 6.38. The first kappa shape index (κ1) is 22.5. The molecule has 5 aromatic rings. The number of anilines is 1. The van der Waals surface area contributed by atoms with Crippen LogP contribution in [0.15, 0.2) is 95.4 Å². The van der Waals surface area contributed by atoms with E-state index >= 15 is 0 Å². The highest BCUT2D eigenvalue weighted by molar-refractivity contribution is 7.80. The van der Waals surface area contributed by atoms with E-state index in [1.807, 2.05) is 60.7 Å². The summed E-state index contributed by atoms with van der Waals surface area (Å²) in [6.45, 7) is 0. The highest BCUT2D eigenvalue weighted by Gasteiger charge is 2.12. The molecule has 0 radical (unpaired) electrons. The lowest BCUT2D eigenvalue weighted by atomic mass is 10.2. The molecule has 2 aromatic heterocycles. The van der Waals surface area contributed by atoms with Crippen LogP contribution in [0.1, 0.15) is 5.76 Å². The standard InChI is InChI=1S/C27H19N3O3S2/c31-22-13-10-18(16-20(22)26-29-21-8-4-5-9-24(21)35-26)28-27(34)30-25(32)15-12-19-11-14-23(33-19)17-6-2-1-3-7-17/h1-16,31H,(H2,28,30,32,34)/b15-12+. The van der Waals surface area contributed by atoms with Gasteiger partial charge >= 0.3 is 0 Å².